The van der Waals surface area contributed by atoms with E-state index in [4.69, 9.17) is 0 Å². The number of amides is 1. The first kappa shape index (κ1) is 16.6. The lowest BCUT2D eigenvalue weighted by molar-refractivity contribution is 0.0744. The number of hydrogen-bond acceptors (Lipinski definition) is 3. The predicted octanol–water partition coefficient (Wildman–Crippen LogP) is 2.90. The number of halogens is 1. The maximum Gasteiger partial charge on any atom is 0.257 e. The van der Waals surface area contributed by atoms with Crippen molar-refractivity contribution in [3.63, 3.8) is 0 Å². The molecule has 0 radical (unpaired) electrons. The molecule has 1 amide bonds. The molecule has 0 spiro atoms. The molecule has 0 saturated carbocycles. The zero-order chi connectivity index (χ0) is 17.2. The van der Waals surface area contributed by atoms with Gasteiger partial charge >= 0.3 is 0 Å². The van der Waals surface area contributed by atoms with Gasteiger partial charge in [-0.1, -0.05) is 30.3 Å². The molecule has 1 aliphatic rings. The fourth-order valence-corrected chi connectivity index (χ4v) is 4.66. The topological polar surface area (TPSA) is 54.5 Å². The summed E-state index contributed by atoms with van der Waals surface area (Å²) in [6.45, 7) is 0.447. The van der Waals surface area contributed by atoms with Crippen molar-refractivity contribution in [2.75, 3.05) is 12.3 Å². The first-order valence-electron chi connectivity index (χ1n) is 7.82. The van der Waals surface area contributed by atoms with E-state index in [-0.39, 0.29) is 16.2 Å². The Labute approximate surface area is 140 Å². The van der Waals surface area contributed by atoms with Crippen LogP contribution in [-0.2, 0) is 9.84 Å². The molecule has 1 atom stereocenters. The van der Waals surface area contributed by atoms with Crippen LogP contribution in [0.5, 0.6) is 0 Å². The third-order valence-corrected chi connectivity index (χ3v) is 6.07. The van der Waals surface area contributed by atoms with Gasteiger partial charge < -0.3 is 4.90 Å². The molecule has 6 heteroatoms. The zero-order valence-corrected chi connectivity index (χ0v) is 13.9. The summed E-state index contributed by atoms with van der Waals surface area (Å²) in [5.41, 5.74) is -0.0125. The first-order chi connectivity index (χ1) is 11.5. The Hall–Kier alpha value is -2.21. The predicted molar refractivity (Wildman–Crippen MR) is 89.0 cm³/mol. The molecule has 126 valence electrons. The molecule has 1 fully saturated rings. The number of benzene rings is 2. The Kier molecular flexibility index (Phi) is 4.66. The van der Waals surface area contributed by atoms with Gasteiger partial charge in [0, 0.05) is 12.6 Å². The molecule has 4 nitrogen and oxygen atoms in total. The quantitative estimate of drug-likeness (QED) is 0.854. The lowest BCUT2D eigenvalue weighted by Crippen LogP contribution is -2.40. The van der Waals surface area contributed by atoms with Crippen molar-refractivity contribution in [2.45, 2.75) is 23.8 Å². The summed E-state index contributed by atoms with van der Waals surface area (Å²) in [7, 11) is -3.49. The van der Waals surface area contributed by atoms with E-state index < -0.39 is 27.6 Å². The minimum absolute atomic E-state index is 0.0125. The van der Waals surface area contributed by atoms with Crippen LogP contribution in [0.2, 0.25) is 0 Å². The molecule has 1 saturated heterocycles. The molecule has 0 aliphatic carbocycles. The third kappa shape index (κ3) is 3.33. The molecule has 1 heterocycles. The standard InChI is InChI=1S/C18H18FNO3S/c19-17-11-5-4-10-16(17)18(21)20-12-6-7-14(20)13-24(22,23)15-8-2-1-3-9-15/h1-5,8-11,14H,6-7,12-13H2/t14-/m1/s1. The highest BCUT2D eigenvalue weighted by atomic mass is 32.2. The molecule has 3 rings (SSSR count). The van der Waals surface area contributed by atoms with Crippen molar-refractivity contribution in [3.8, 4) is 0 Å². The van der Waals surface area contributed by atoms with Crippen LogP contribution >= 0.6 is 0 Å². The van der Waals surface area contributed by atoms with Crippen LogP contribution in [0.15, 0.2) is 59.5 Å². The number of hydrogen-bond donors (Lipinski definition) is 0. The summed E-state index contributed by atoms with van der Waals surface area (Å²) in [4.78, 5) is 14.3. The Morgan fingerprint density at radius 2 is 1.75 bits per heavy atom. The normalized spacial score (nSPS) is 17.9. The van der Waals surface area contributed by atoms with Gasteiger partial charge in [-0.3, -0.25) is 4.79 Å². The summed E-state index contributed by atoms with van der Waals surface area (Å²) < 4.78 is 39.0. The van der Waals surface area contributed by atoms with Crippen LogP contribution in [-0.4, -0.2) is 37.6 Å². The van der Waals surface area contributed by atoms with Crippen molar-refractivity contribution < 1.29 is 17.6 Å². The highest BCUT2D eigenvalue weighted by molar-refractivity contribution is 7.91. The van der Waals surface area contributed by atoms with Crippen molar-refractivity contribution in [1.82, 2.24) is 4.90 Å². The Morgan fingerprint density at radius 1 is 1.08 bits per heavy atom. The largest absolute Gasteiger partial charge is 0.335 e. The van der Waals surface area contributed by atoms with Crippen LogP contribution < -0.4 is 0 Å². The van der Waals surface area contributed by atoms with E-state index in [1.54, 1.807) is 36.4 Å². The Balaban J connectivity index is 1.82. The summed E-state index contributed by atoms with van der Waals surface area (Å²) >= 11 is 0. The number of carbonyl (C=O) groups is 1. The zero-order valence-electron chi connectivity index (χ0n) is 13.1. The van der Waals surface area contributed by atoms with Gasteiger partial charge in [0.15, 0.2) is 9.84 Å². The molecule has 1 aliphatic heterocycles. The summed E-state index contributed by atoms with van der Waals surface area (Å²) in [5, 5.41) is 0. The smallest absolute Gasteiger partial charge is 0.257 e. The maximum absolute atomic E-state index is 13.9. The molecule has 0 bridgehead atoms. The Morgan fingerprint density at radius 3 is 2.46 bits per heavy atom. The number of sulfone groups is 1. The summed E-state index contributed by atoms with van der Waals surface area (Å²) in [5.74, 6) is -1.17. The van der Waals surface area contributed by atoms with E-state index in [1.165, 1.54) is 23.1 Å². The van der Waals surface area contributed by atoms with Gasteiger partial charge in [-0.15, -0.1) is 0 Å². The van der Waals surface area contributed by atoms with Crippen LogP contribution in [0, 0.1) is 5.82 Å². The van der Waals surface area contributed by atoms with Gasteiger partial charge in [-0.25, -0.2) is 12.8 Å². The molecular formula is C18H18FNO3S. The van der Waals surface area contributed by atoms with Crippen molar-refractivity contribution >= 4 is 15.7 Å². The molecule has 0 N–H and O–H groups in total. The monoisotopic (exact) mass is 347 g/mol. The molecule has 2 aromatic carbocycles. The van der Waals surface area contributed by atoms with E-state index in [9.17, 15) is 17.6 Å². The molecule has 24 heavy (non-hydrogen) atoms. The van der Waals surface area contributed by atoms with E-state index >= 15 is 0 Å². The van der Waals surface area contributed by atoms with Crippen molar-refractivity contribution in [3.05, 3.63) is 66.0 Å². The molecule has 0 aromatic heterocycles. The van der Waals surface area contributed by atoms with Crippen LogP contribution in [0.4, 0.5) is 4.39 Å². The van der Waals surface area contributed by atoms with Gasteiger partial charge in [-0.2, -0.15) is 0 Å². The number of likely N-dealkylation sites (tertiary alicyclic amines) is 1. The highest BCUT2D eigenvalue weighted by Gasteiger charge is 2.34. The average Bonchev–Trinajstić information content (AvgIpc) is 3.03. The Bertz CT molecular complexity index is 836. The van der Waals surface area contributed by atoms with E-state index in [1.807, 2.05) is 0 Å². The third-order valence-electron chi connectivity index (χ3n) is 4.26. The van der Waals surface area contributed by atoms with E-state index in [0.29, 0.717) is 13.0 Å². The highest BCUT2D eigenvalue weighted by Crippen LogP contribution is 2.24. The second-order valence-corrected chi connectivity index (χ2v) is 7.90. The SMILES string of the molecule is O=C(c1ccccc1F)N1CCC[C@@H]1CS(=O)(=O)c1ccccc1. The minimum atomic E-state index is -3.49. The maximum atomic E-state index is 13.9. The summed E-state index contributed by atoms with van der Waals surface area (Å²) in [6, 6.07) is 13.5. The van der Waals surface area contributed by atoms with Crippen molar-refractivity contribution in [2.24, 2.45) is 0 Å². The van der Waals surface area contributed by atoms with E-state index in [0.717, 1.165) is 6.42 Å². The second kappa shape index (κ2) is 6.73. The second-order valence-electron chi connectivity index (χ2n) is 5.87. The van der Waals surface area contributed by atoms with Crippen LogP contribution in [0.3, 0.4) is 0 Å². The fourth-order valence-electron chi connectivity index (χ4n) is 3.04. The molecular weight excluding hydrogens is 329 g/mol. The van der Waals surface area contributed by atoms with E-state index in [2.05, 4.69) is 0 Å². The fraction of sp³-hybridized carbons (Fsp3) is 0.278. The van der Waals surface area contributed by atoms with Gasteiger partial charge in [0.1, 0.15) is 5.82 Å². The van der Waals surface area contributed by atoms with Gasteiger partial charge in [0.25, 0.3) is 5.91 Å². The number of carbonyl (C=O) groups excluding carboxylic acids is 1. The lowest BCUT2D eigenvalue weighted by Gasteiger charge is -2.25. The number of nitrogens with zero attached hydrogens (tertiary/aromatic N) is 1. The van der Waals surface area contributed by atoms with Gasteiger partial charge in [-0.05, 0) is 37.1 Å². The summed E-state index contributed by atoms with van der Waals surface area (Å²) in [6.07, 6.45) is 1.32. The molecule has 2 aromatic rings. The lowest BCUT2D eigenvalue weighted by atomic mass is 10.1. The van der Waals surface area contributed by atoms with Crippen molar-refractivity contribution in [1.29, 1.82) is 0 Å². The average molecular weight is 347 g/mol. The van der Waals surface area contributed by atoms with Crippen LogP contribution in [0.25, 0.3) is 0 Å². The first-order valence-corrected chi connectivity index (χ1v) is 9.47. The number of rotatable bonds is 4. The minimum Gasteiger partial charge on any atom is -0.335 e. The van der Waals surface area contributed by atoms with Crippen LogP contribution in [0.1, 0.15) is 23.2 Å². The molecule has 0 unspecified atom stereocenters. The van der Waals surface area contributed by atoms with Gasteiger partial charge in [0.2, 0.25) is 0 Å². The van der Waals surface area contributed by atoms with Gasteiger partial charge in [0.05, 0.1) is 16.2 Å².